The van der Waals surface area contributed by atoms with Crippen molar-refractivity contribution in [2.45, 2.75) is 18.9 Å². The Hall–Kier alpha value is -2.79. The monoisotopic (exact) mass is 407 g/mol. The van der Waals surface area contributed by atoms with Gasteiger partial charge in [-0.05, 0) is 17.7 Å². The second-order valence-electron chi connectivity index (χ2n) is 5.89. The third kappa shape index (κ3) is 3.69. The molecule has 0 aromatic carbocycles. The summed E-state index contributed by atoms with van der Waals surface area (Å²) < 4.78 is 0. The highest BCUT2D eigenvalue weighted by Crippen LogP contribution is 2.32. The Labute approximate surface area is 162 Å². The number of anilines is 1. The van der Waals surface area contributed by atoms with Crippen LogP contribution < -0.4 is 16.6 Å². The maximum absolute atomic E-state index is 12.3. The third-order valence-corrected chi connectivity index (χ3v) is 5.75. The highest BCUT2D eigenvalue weighted by molar-refractivity contribution is 7.80. The molecule has 9 nitrogen and oxygen atoms in total. The second kappa shape index (κ2) is 7.45. The van der Waals surface area contributed by atoms with Crippen molar-refractivity contribution in [1.82, 2.24) is 20.3 Å². The van der Waals surface area contributed by atoms with E-state index >= 15 is 0 Å². The van der Waals surface area contributed by atoms with Gasteiger partial charge in [0, 0.05) is 22.7 Å². The van der Waals surface area contributed by atoms with Crippen LogP contribution in [0.5, 0.6) is 0 Å². The van der Waals surface area contributed by atoms with Crippen LogP contribution in [0.25, 0.3) is 11.0 Å². The zero-order valence-corrected chi connectivity index (χ0v) is 15.9. The number of carbonyl (C=O) groups is 2. The fraction of sp³-hybridized carbons (Fsp3) is 0.250. The molecule has 1 unspecified atom stereocenters. The van der Waals surface area contributed by atoms with E-state index in [1.807, 2.05) is 6.92 Å². The number of aliphatic carboxylic acids is 1. The summed E-state index contributed by atoms with van der Waals surface area (Å²) in [5.74, 6) is -1.79. The summed E-state index contributed by atoms with van der Waals surface area (Å²) in [4.78, 5) is 46.2. The topological polar surface area (TPSA) is 154 Å². The number of aromatic amines is 2. The molecule has 3 heterocycles. The second-order valence-corrected chi connectivity index (χ2v) is 7.37. The lowest BCUT2D eigenvalue weighted by Crippen LogP contribution is -2.41. The number of carboxylic acids is 1. The number of hydrogen-bond donors (Lipinski definition) is 6. The minimum absolute atomic E-state index is 0.00996. The van der Waals surface area contributed by atoms with Gasteiger partial charge in [0.25, 0.3) is 11.5 Å². The molecule has 0 radical (unpaired) electrons. The Morgan fingerprint density at radius 1 is 1.44 bits per heavy atom. The smallest absolute Gasteiger partial charge is 0.327 e. The first-order valence-corrected chi connectivity index (χ1v) is 9.37. The maximum atomic E-state index is 12.3. The number of fused-ring (bicyclic) bond motifs is 1. The zero-order chi connectivity index (χ0) is 19.7. The summed E-state index contributed by atoms with van der Waals surface area (Å²) in [7, 11) is 0. The molecule has 0 saturated carbocycles. The van der Waals surface area contributed by atoms with Gasteiger partial charge in [0.15, 0.2) is 0 Å². The molecule has 3 aromatic rings. The van der Waals surface area contributed by atoms with Gasteiger partial charge in [0.1, 0.15) is 11.7 Å². The first kappa shape index (κ1) is 19.0. The number of nitrogen functional groups attached to an aromatic ring is 1. The molecule has 0 fully saturated rings. The van der Waals surface area contributed by atoms with E-state index in [4.69, 9.17) is 10.8 Å². The molecular weight excluding hydrogens is 390 g/mol. The number of nitrogens with zero attached hydrogens (tertiary/aromatic N) is 1. The standard InChI is InChI=1S/C16H17N5O4S2/c1-6(7-4-18-12-11(7)14(23)21-16(17)20-12)9-2-3-10(27-9)13(22)19-8(5-26)15(24)25/h2-4,6,8,26H,5H2,1H3,(H,19,22)(H,24,25)(H4,17,18,20,21,23)/t6?,8-/m0/s1. The zero-order valence-electron chi connectivity index (χ0n) is 14.1. The highest BCUT2D eigenvalue weighted by Gasteiger charge is 2.22. The van der Waals surface area contributed by atoms with Gasteiger partial charge in [-0.25, -0.2) is 4.79 Å². The van der Waals surface area contributed by atoms with Gasteiger partial charge < -0.3 is 21.1 Å². The molecule has 0 saturated heterocycles. The lowest BCUT2D eigenvalue weighted by molar-refractivity contribution is -0.138. The number of aromatic nitrogens is 3. The van der Waals surface area contributed by atoms with Crippen molar-refractivity contribution in [3.05, 3.63) is 44.0 Å². The molecule has 6 N–H and O–H groups in total. The Bertz CT molecular complexity index is 1070. The summed E-state index contributed by atoms with van der Waals surface area (Å²) in [6.45, 7) is 1.90. The number of hydrogen-bond acceptors (Lipinski definition) is 7. The van der Waals surface area contributed by atoms with E-state index in [2.05, 4.69) is 32.9 Å². The molecule has 2 atom stereocenters. The number of carbonyl (C=O) groups excluding carboxylic acids is 1. The Morgan fingerprint density at radius 3 is 2.85 bits per heavy atom. The van der Waals surface area contributed by atoms with Crippen LogP contribution in [0.4, 0.5) is 5.95 Å². The van der Waals surface area contributed by atoms with Crippen LogP contribution in [0.2, 0.25) is 0 Å². The minimum atomic E-state index is -1.15. The van der Waals surface area contributed by atoms with Crippen LogP contribution in [-0.4, -0.2) is 43.7 Å². The average Bonchev–Trinajstić information content (AvgIpc) is 3.25. The van der Waals surface area contributed by atoms with Crippen molar-refractivity contribution in [2.24, 2.45) is 0 Å². The average molecular weight is 407 g/mol. The van der Waals surface area contributed by atoms with E-state index in [1.165, 1.54) is 11.3 Å². The molecule has 0 aliphatic heterocycles. The predicted molar refractivity (Wildman–Crippen MR) is 106 cm³/mol. The van der Waals surface area contributed by atoms with E-state index in [-0.39, 0.29) is 23.2 Å². The molecule has 0 aliphatic rings. The molecule has 11 heteroatoms. The largest absolute Gasteiger partial charge is 0.480 e. The van der Waals surface area contributed by atoms with Crippen LogP contribution >= 0.6 is 24.0 Å². The van der Waals surface area contributed by atoms with Gasteiger partial charge in [-0.2, -0.15) is 17.6 Å². The molecular formula is C16H17N5O4S2. The van der Waals surface area contributed by atoms with Gasteiger partial charge in [0.05, 0.1) is 10.3 Å². The number of rotatable bonds is 6. The van der Waals surface area contributed by atoms with Crippen LogP contribution in [-0.2, 0) is 4.79 Å². The van der Waals surface area contributed by atoms with Gasteiger partial charge >= 0.3 is 5.97 Å². The van der Waals surface area contributed by atoms with Crippen LogP contribution in [0.1, 0.15) is 33.0 Å². The van der Waals surface area contributed by atoms with Crippen molar-refractivity contribution in [3.63, 3.8) is 0 Å². The number of amides is 1. The molecule has 0 aliphatic carbocycles. The van der Waals surface area contributed by atoms with E-state index in [9.17, 15) is 14.4 Å². The quantitative estimate of drug-likeness (QED) is 0.337. The third-order valence-electron chi connectivity index (χ3n) is 4.12. The number of carboxylic acid groups (broad SMARTS) is 1. The molecule has 142 valence electrons. The molecule has 1 amide bonds. The lowest BCUT2D eigenvalue weighted by Gasteiger charge is -2.11. The van der Waals surface area contributed by atoms with Crippen molar-refractivity contribution >= 4 is 52.8 Å². The van der Waals surface area contributed by atoms with Crippen molar-refractivity contribution in [2.75, 3.05) is 11.5 Å². The fourth-order valence-corrected chi connectivity index (χ4v) is 3.93. The first-order chi connectivity index (χ1) is 12.8. The van der Waals surface area contributed by atoms with Crippen molar-refractivity contribution < 1.29 is 14.7 Å². The number of thiophene rings is 1. The van der Waals surface area contributed by atoms with Crippen LogP contribution in [0.3, 0.4) is 0 Å². The first-order valence-electron chi connectivity index (χ1n) is 7.92. The van der Waals surface area contributed by atoms with E-state index in [0.29, 0.717) is 15.9 Å². The molecule has 0 bridgehead atoms. The summed E-state index contributed by atoms with van der Waals surface area (Å²) in [5.41, 5.74) is 6.34. The van der Waals surface area contributed by atoms with E-state index in [1.54, 1.807) is 18.3 Å². The molecule has 27 heavy (non-hydrogen) atoms. The van der Waals surface area contributed by atoms with Gasteiger partial charge in [-0.3, -0.25) is 14.6 Å². The van der Waals surface area contributed by atoms with Gasteiger partial charge in [0.2, 0.25) is 5.95 Å². The summed E-state index contributed by atoms with van der Waals surface area (Å²) >= 11 is 5.16. The summed E-state index contributed by atoms with van der Waals surface area (Å²) in [5, 5.41) is 11.9. The SMILES string of the molecule is CC(c1ccc(C(=O)N[C@@H](CS)C(=O)O)s1)c1c[nH]c2nc(N)[nH]c(=O)c12. The highest BCUT2D eigenvalue weighted by atomic mass is 32.1. The lowest BCUT2D eigenvalue weighted by atomic mass is 10.0. The summed E-state index contributed by atoms with van der Waals surface area (Å²) in [6, 6.07) is 2.34. The number of nitrogens with two attached hydrogens (primary N) is 1. The van der Waals surface area contributed by atoms with Crippen molar-refractivity contribution in [3.8, 4) is 0 Å². The van der Waals surface area contributed by atoms with E-state index in [0.717, 1.165) is 10.4 Å². The van der Waals surface area contributed by atoms with Gasteiger partial charge in [-0.1, -0.05) is 6.92 Å². The van der Waals surface area contributed by atoms with Gasteiger partial charge in [-0.15, -0.1) is 11.3 Å². The fourth-order valence-electron chi connectivity index (χ4n) is 2.70. The number of nitrogens with one attached hydrogen (secondary N) is 3. The van der Waals surface area contributed by atoms with Crippen LogP contribution in [0, 0.1) is 0 Å². The molecule has 0 spiro atoms. The normalized spacial score (nSPS) is 13.4. The minimum Gasteiger partial charge on any atom is -0.480 e. The molecule has 3 aromatic heterocycles. The van der Waals surface area contributed by atoms with Crippen molar-refractivity contribution in [1.29, 1.82) is 0 Å². The maximum Gasteiger partial charge on any atom is 0.327 e. The Balaban J connectivity index is 1.87. The predicted octanol–water partition coefficient (Wildman–Crippen LogP) is 1.16. The molecule has 3 rings (SSSR count). The number of H-pyrrole nitrogens is 2. The van der Waals surface area contributed by atoms with E-state index < -0.39 is 17.9 Å². The number of thiol groups is 1. The Morgan fingerprint density at radius 2 is 2.19 bits per heavy atom. The summed E-state index contributed by atoms with van der Waals surface area (Å²) in [6.07, 6.45) is 1.69. The Kier molecular flexibility index (Phi) is 5.24. The van der Waals surface area contributed by atoms with Crippen LogP contribution in [0.15, 0.2) is 23.1 Å².